The van der Waals surface area contributed by atoms with Crippen LogP contribution in [0.5, 0.6) is 5.75 Å². The molecule has 1 aromatic carbocycles. The smallest absolute Gasteiger partial charge is 0.308 e. The lowest BCUT2D eigenvalue weighted by atomic mass is 9.51. The average molecular weight is 798 g/mol. The molecule has 2 heterocycles. The summed E-state index contributed by atoms with van der Waals surface area (Å²) in [6, 6.07) is 0.927. The van der Waals surface area contributed by atoms with E-state index in [1.54, 1.807) is 32.0 Å². The molecule has 3 amide bonds. The lowest BCUT2D eigenvalue weighted by Crippen LogP contribution is -2.67. The molecule has 2 fully saturated rings. The van der Waals surface area contributed by atoms with Crippen molar-refractivity contribution in [3.05, 3.63) is 39.9 Å². The largest absolute Gasteiger partial charge is 0.511 e. The highest BCUT2D eigenvalue weighted by Gasteiger charge is 2.73. The third-order valence-corrected chi connectivity index (χ3v) is 11.3. The van der Waals surface area contributed by atoms with Crippen molar-refractivity contribution in [1.82, 2.24) is 15.5 Å². The molecule has 6 rings (SSSR count). The number of amides is 3. The molecule has 57 heavy (non-hydrogen) atoms. The van der Waals surface area contributed by atoms with Gasteiger partial charge in [0.25, 0.3) is 5.91 Å². The Morgan fingerprint density at radius 2 is 1.53 bits per heavy atom. The highest BCUT2D eigenvalue weighted by molar-refractivity contribution is 6.05. The van der Waals surface area contributed by atoms with E-state index in [9.17, 15) is 29.1 Å². The Kier molecular flexibility index (Phi) is 11.2. The van der Waals surface area contributed by atoms with E-state index in [1.165, 1.54) is 20.8 Å². The van der Waals surface area contributed by atoms with Crippen molar-refractivity contribution in [2.24, 2.45) is 17.3 Å². The van der Waals surface area contributed by atoms with Crippen LogP contribution in [0.25, 0.3) is 0 Å². The number of anilines is 2. The van der Waals surface area contributed by atoms with Gasteiger partial charge in [-0.2, -0.15) is 0 Å². The molecule has 4 atom stereocenters. The highest BCUT2D eigenvalue weighted by atomic mass is 16.7. The first-order valence-corrected chi connectivity index (χ1v) is 19.1. The first kappa shape index (κ1) is 42.2. The molecule has 5 aliphatic rings. The van der Waals surface area contributed by atoms with Gasteiger partial charge in [-0.05, 0) is 72.2 Å². The van der Waals surface area contributed by atoms with Crippen LogP contribution in [0.15, 0.2) is 28.7 Å². The zero-order valence-corrected chi connectivity index (χ0v) is 34.6. The summed E-state index contributed by atoms with van der Waals surface area (Å²) in [5.41, 5.74) is -0.0720. The van der Waals surface area contributed by atoms with Crippen LogP contribution in [0.4, 0.5) is 11.4 Å². The van der Waals surface area contributed by atoms with Gasteiger partial charge in [-0.25, -0.2) is 0 Å². The van der Waals surface area contributed by atoms with Crippen LogP contribution in [0.1, 0.15) is 66.0 Å². The molecule has 2 spiro atoms. The second-order valence-electron chi connectivity index (χ2n) is 16.9. The predicted octanol–water partition coefficient (Wildman–Crippen LogP) is 2.38. The zero-order valence-electron chi connectivity index (χ0n) is 34.6. The van der Waals surface area contributed by atoms with Crippen molar-refractivity contribution in [3.8, 4) is 5.75 Å². The fraction of sp³-hybridized carbons (Fsp3) is 0.625. The van der Waals surface area contributed by atoms with Gasteiger partial charge in [0.15, 0.2) is 5.75 Å². The highest BCUT2D eigenvalue weighted by Crippen LogP contribution is 2.68. The maximum absolute atomic E-state index is 14.2. The summed E-state index contributed by atoms with van der Waals surface area (Å²) in [7, 11) is 7.23. The Hall–Kier alpha value is -4.39. The monoisotopic (exact) mass is 797 g/mol. The number of benzene rings is 1. The van der Waals surface area contributed by atoms with Gasteiger partial charge < -0.3 is 49.1 Å². The number of esters is 2. The number of aliphatic hydroxyl groups excluding tert-OH is 1. The van der Waals surface area contributed by atoms with Crippen molar-refractivity contribution in [3.63, 3.8) is 0 Å². The summed E-state index contributed by atoms with van der Waals surface area (Å²) >= 11 is 0. The van der Waals surface area contributed by atoms with Crippen LogP contribution in [0.2, 0.25) is 0 Å². The minimum atomic E-state index is -2.07. The molecule has 1 aromatic rings. The molecular formula is C40H55N5O12. The van der Waals surface area contributed by atoms with E-state index in [0.29, 0.717) is 28.8 Å². The Labute approximate surface area is 332 Å². The van der Waals surface area contributed by atoms with Crippen LogP contribution < -0.4 is 25.6 Å². The van der Waals surface area contributed by atoms with E-state index in [4.69, 9.17) is 28.4 Å². The number of aliphatic hydroxyl groups is 1. The third kappa shape index (κ3) is 7.01. The number of carbonyl (C=O) groups excluding carboxylic acids is 5. The van der Waals surface area contributed by atoms with Crippen LogP contribution >= 0.6 is 0 Å². The van der Waals surface area contributed by atoms with Gasteiger partial charge in [0.05, 0.1) is 55.7 Å². The standard InChI is InChI=1S/C40H55N5O12/c1-20(46)42-36(51)31-34(57-22(3)48)32(45(10)11)25-17-23-16-24-27(44(8)9)18-26(43-28(49)19-41-37(4,5)6)33(56-21(2)47)30(24)39(52-12-13-53-39)29(23)35(50)38(25,7)40(31)54-14-15-55-40/h18,23,25,32,41,50H,12-17,19H2,1-11H3,(H,43,49)(H,42,46,51)/t23-,25-,32-,38+/m0/s1. The van der Waals surface area contributed by atoms with E-state index in [-0.39, 0.29) is 73.5 Å². The minimum absolute atomic E-state index is 0.00207. The number of ether oxygens (including phenoxy) is 6. The molecule has 312 valence electrons. The summed E-state index contributed by atoms with van der Waals surface area (Å²) in [5.74, 6) is -8.75. The normalized spacial score (nSPS) is 25.9. The summed E-state index contributed by atoms with van der Waals surface area (Å²) in [6.45, 7) is 11.3. The van der Waals surface area contributed by atoms with Crippen molar-refractivity contribution in [2.45, 2.75) is 84.5 Å². The predicted molar refractivity (Wildman–Crippen MR) is 205 cm³/mol. The van der Waals surface area contributed by atoms with Crippen molar-refractivity contribution in [1.29, 1.82) is 0 Å². The van der Waals surface area contributed by atoms with Crippen LogP contribution in [0, 0.1) is 17.3 Å². The van der Waals surface area contributed by atoms with Crippen LogP contribution in [0.3, 0.4) is 0 Å². The average Bonchev–Trinajstić information content (AvgIpc) is 3.77. The number of imide groups is 1. The second-order valence-corrected chi connectivity index (χ2v) is 16.9. The van der Waals surface area contributed by atoms with Gasteiger partial charge in [0.1, 0.15) is 17.1 Å². The van der Waals surface area contributed by atoms with Crippen molar-refractivity contribution < 1.29 is 57.5 Å². The number of fused-ring (bicyclic) bond motifs is 6. The fourth-order valence-electron chi connectivity index (χ4n) is 9.34. The molecule has 2 aliphatic heterocycles. The van der Waals surface area contributed by atoms with Gasteiger partial charge in [0.2, 0.25) is 23.4 Å². The SMILES string of the molecule is CC(=O)NC(=O)C1=C(OC(C)=O)[C@@H](N(C)C)[C@@H]2C[C@@H]3Cc4c(N(C)C)cc(NC(=O)CNC(C)(C)C)c(OC(C)=O)c4C4(OCCO4)C3=C(O)[C@]2(C)C12OCCO2. The summed E-state index contributed by atoms with van der Waals surface area (Å²) in [5, 5.41) is 21.6. The Bertz CT molecular complexity index is 1940. The molecule has 0 bridgehead atoms. The molecular weight excluding hydrogens is 742 g/mol. The molecule has 0 radical (unpaired) electrons. The molecule has 2 saturated heterocycles. The number of hydrogen-bond acceptors (Lipinski definition) is 15. The lowest BCUT2D eigenvalue weighted by molar-refractivity contribution is -0.245. The lowest BCUT2D eigenvalue weighted by Gasteiger charge is -2.60. The third-order valence-electron chi connectivity index (χ3n) is 11.3. The number of nitrogens with zero attached hydrogens (tertiary/aromatic N) is 2. The van der Waals surface area contributed by atoms with Crippen LogP contribution in [-0.2, 0) is 59.9 Å². The second kappa shape index (κ2) is 15.1. The summed E-state index contributed by atoms with van der Waals surface area (Å²) in [4.78, 5) is 69.4. The Balaban J connectivity index is 1.67. The van der Waals surface area contributed by atoms with E-state index >= 15 is 0 Å². The van der Waals surface area contributed by atoms with Gasteiger partial charge in [0, 0.05) is 57.6 Å². The first-order valence-electron chi connectivity index (χ1n) is 19.1. The van der Waals surface area contributed by atoms with E-state index in [1.807, 2.05) is 39.8 Å². The number of rotatable bonds is 8. The summed E-state index contributed by atoms with van der Waals surface area (Å²) in [6.07, 6.45) is 0.594. The molecule has 4 N–H and O–H groups in total. The molecule has 0 saturated carbocycles. The Morgan fingerprint density at radius 1 is 0.930 bits per heavy atom. The van der Waals surface area contributed by atoms with Gasteiger partial charge in [-0.1, -0.05) is 0 Å². The molecule has 0 unspecified atom stereocenters. The molecule has 17 heteroatoms. The Morgan fingerprint density at radius 3 is 2.05 bits per heavy atom. The number of hydrogen-bond donors (Lipinski definition) is 4. The minimum Gasteiger partial charge on any atom is -0.511 e. The van der Waals surface area contributed by atoms with E-state index < -0.39 is 64.5 Å². The number of carbonyl (C=O) groups is 5. The van der Waals surface area contributed by atoms with E-state index in [0.717, 1.165) is 0 Å². The van der Waals surface area contributed by atoms with Crippen molar-refractivity contribution in [2.75, 3.05) is 71.4 Å². The maximum atomic E-state index is 14.2. The topological polar surface area (TPSA) is 204 Å². The van der Waals surface area contributed by atoms with Crippen LogP contribution in [-0.4, -0.2) is 118 Å². The van der Waals surface area contributed by atoms with Gasteiger partial charge >= 0.3 is 11.9 Å². The molecule has 3 aliphatic carbocycles. The maximum Gasteiger partial charge on any atom is 0.308 e. The summed E-state index contributed by atoms with van der Waals surface area (Å²) < 4.78 is 38.0. The quantitative estimate of drug-likeness (QED) is 0.220. The van der Waals surface area contributed by atoms with Crippen molar-refractivity contribution >= 4 is 41.0 Å². The fourth-order valence-corrected chi connectivity index (χ4v) is 9.34. The number of likely N-dealkylation sites (N-methyl/N-ethyl adjacent to an activating group) is 1. The van der Waals surface area contributed by atoms with Gasteiger partial charge in [-0.3, -0.25) is 34.2 Å². The van der Waals surface area contributed by atoms with Gasteiger partial charge in [-0.15, -0.1) is 0 Å². The first-order chi connectivity index (χ1) is 26.6. The molecule has 17 nitrogen and oxygen atoms in total. The van der Waals surface area contributed by atoms with E-state index in [2.05, 4.69) is 16.0 Å². The number of nitrogens with one attached hydrogen (secondary N) is 3. The zero-order chi connectivity index (χ0) is 42.0. The molecule has 0 aromatic heterocycles.